The van der Waals surface area contributed by atoms with Gasteiger partial charge in [0.2, 0.25) is 0 Å². The van der Waals surface area contributed by atoms with Crippen molar-refractivity contribution in [3.05, 3.63) is 71.5 Å². The fraction of sp³-hybridized carbons (Fsp3) is 0.250. The molecule has 0 saturated carbocycles. The average Bonchev–Trinajstić information content (AvgIpc) is 2.40. The predicted octanol–water partition coefficient (Wildman–Crippen LogP) is 3.55. The highest BCUT2D eigenvalue weighted by Crippen LogP contribution is 2.09. The molecule has 0 aliphatic carbocycles. The summed E-state index contributed by atoms with van der Waals surface area (Å²) in [5.41, 5.74) is 2.02. The zero-order chi connectivity index (χ0) is 12.8. The Balaban J connectivity index is 1.86. The van der Waals surface area contributed by atoms with Gasteiger partial charge in [-0.2, -0.15) is 0 Å². The van der Waals surface area contributed by atoms with Crippen molar-refractivity contribution in [3.63, 3.8) is 0 Å². The second-order valence-electron chi connectivity index (χ2n) is 4.56. The first kappa shape index (κ1) is 12.8. The zero-order valence-electron chi connectivity index (χ0n) is 10.6. The topological polar surface area (TPSA) is 12.0 Å². The fourth-order valence-electron chi connectivity index (χ4n) is 1.95. The molecule has 1 atom stereocenters. The maximum Gasteiger partial charge on any atom is 0.126 e. The summed E-state index contributed by atoms with van der Waals surface area (Å²) in [5.74, 6) is -0.120. The molecule has 18 heavy (non-hydrogen) atoms. The molecular weight excluding hydrogens is 225 g/mol. The highest BCUT2D eigenvalue weighted by molar-refractivity contribution is 5.18. The van der Waals surface area contributed by atoms with Crippen LogP contribution in [0.2, 0.25) is 0 Å². The first-order valence-electron chi connectivity index (χ1n) is 6.26. The van der Waals surface area contributed by atoms with Crippen molar-refractivity contribution >= 4 is 0 Å². The standard InChI is InChI=1S/C16H18FN/c1-13(11-15-9-5-6-10-16(15)17)18-12-14-7-3-2-4-8-14/h2-10,13,18H,11-12H2,1H3. The van der Waals surface area contributed by atoms with Gasteiger partial charge in [0.25, 0.3) is 0 Å². The van der Waals surface area contributed by atoms with Gasteiger partial charge in [0, 0.05) is 12.6 Å². The van der Waals surface area contributed by atoms with Crippen molar-refractivity contribution < 1.29 is 4.39 Å². The van der Waals surface area contributed by atoms with E-state index in [1.807, 2.05) is 30.3 Å². The van der Waals surface area contributed by atoms with Crippen molar-refractivity contribution in [2.75, 3.05) is 0 Å². The number of nitrogens with one attached hydrogen (secondary N) is 1. The summed E-state index contributed by atoms with van der Waals surface area (Å²) in [7, 11) is 0. The van der Waals surface area contributed by atoms with Crippen LogP contribution in [0.15, 0.2) is 54.6 Å². The molecule has 2 heteroatoms. The summed E-state index contributed by atoms with van der Waals surface area (Å²) in [6.07, 6.45) is 0.708. The molecule has 0 saturated heterocycles. The monoisotopic (exact) mass is 243 g/mol. The minimum atomic E-state index is -0.120. The van der Waals surface area contributed by atoms with Gasteiger partial charge in [-0.1, -0.05) is 48.5 Å². The summed E-state index contributed by atoms with van der Waals surface area (Å²) in [6, 6.07) is 17.4. The molecule has 1 unspecified atom stereocenters. The van der Waals surface area contributed by atoms with Gasteiger partial charge >= 0.3 is 0 Å². The van der Waals surface area contributed by atoms with Crippen LogP contribution in [0.4, 0.5) is 4.39 Å². The molecule has 0 aliphatic heterocycles. The molecular formula is C16H18FN. The van der Waals surface area contributed by atoms with Crippen molar-refractivity contribution in [3.8, 4) is 0 Å². The third-order valence-corrected chi connectivity index (χ3v) is 2.98. The quantitative estimate of drug-likeness (QED) is 0.847. The molecule has 0 bridgehead atoms. The molecule has 1 nitrogen and oxygen atoms in total. The molecule has 0 heterocycles. The summed E-state index contributed by atoms with van der Waals surface area (Å²) in [4.78, 5) is 0. The second kappa shape index (κ2) is 6.31. The van der Waals surface area contributed by atoms with Gasteiger partial charge in [-0.05, 0) is 30.5 Å². The number of halogens is 1. The SMILES string of the molecule is CC(Cc1ccccc1F)NCc1ccccc1. The van der Waals surface area contributed by atoms with Crippen LogP contribution in [0.5, 0.6) is 0 Å². The van der Waals surface area contributed by atoms with E-state index < -0.39 is 0 Å². The van der Waals surface area contributed by atoms with E-state index >= 15 is 0 Å². The van der Waals surface area contributed by atoms with E-state index in [2.05, 4.69) is 24.4 Å². The van der Waals surface area contributed by atoms with Crippen molar-refractivity contribution in [1.29, 1.82) is 0 Å². The minimum Gasteiger partial charge on any atom is -0.310 e. The molecule has 2 aromatic rings. The minimum absolute atomic E-state index is 0.120. The summed E-state index contributed by atoms with van der Waals surface area (Å²) < 4.78 is 13.5. The smallest absolute Gasteiger partial charge is 0.126 e. The van der Waals surface area contributed by atoms with Crippen molar-refractivity contribution in [2.24, 2.45) is 0 Å². The highest BCUT2D eigenvalue weighted by Gasteiger charge is 2.06. The summed E-state index contributed by atoms with van der Waals surface area (Å²) >= 11 is 0. The van der Waals surface area contributed by atoms with Crippen LogP contribution in [0, 0.1) is 5.82 Å². The number of hydrogen-bond acceptors (Lipinski definition) is 1. The van der Waals surface area contributed by atoms with E-state index in [1.54, 1.807) is 6.07 Å². The van der Waals surface area contributed by atoms with Gasteiger partial charge in [-0.25, -0.2) is 4.39 Å². The van der Waals surface area contributed by atoms with E-state index in [9.17, 15) is 4.39 Å². The molecule has 2 aromatic carbocycles. The Morgan fingerprint density at radius 3 is 2.39 bits per heavy atom. The molecule has 1 N–H and O–H groups in total. The lowest BCUT2D eigenvalue weighted by atomic mass is 10.1. The summed E-state index contributed by atoms with van der Waals surface area (Å²) in [5, 5.41) is 3.41. The lowest BCUT2D eigenvalue weighted by Gasteiger charge is -2.14. The van der Waals surface area contributed by atoms with Crippen molar-refractivity contribution in [1.82, 2.24) is 5.32 Å². The Labute approximate surface area is 108 Å². The van der Waals surface area contributed by atoms with Gasteiger partial charge in [0.1, 0.15) is 5.82 Å². The molecule has 2 rings (SSSR count). The first-order valence-corrected chi connectivity index (χ1v) is 6.26. The average molecular weight is 243 g/mol. The Hall–Kier alpha value is -1.67. The molecule has 0 aliphatic rings. The van der Waals surface area contributed by atoms with E-state index in [0.29, 0.717) is 6.42 Å². The Bertz CT molecular complexity index is 481. The van der Waals surface area contributed by atoms with E-state index in [-0.39, 0.29) is 11.9 Å². The second-order valence-corrected chi connectivity index (χ2v) is 4.56. The van der Waals surface area contributed by atoms with Gasteiger partial charge < -0.3 is 5.32 Å². The lowest BCUT2D eigenvalue weighted by molar-refractivity contribution is 0.526. The van der Waals surface area contributed by atoms with Crippen LogP contribution in [0.25, 0.3) is 0 Å². The van der Waals surface area contributed by atoms with Crippen LogP contribution >= 0.6 is 0 Å². The van der Waals surface area contributed by atoms with Crippen molar-refractivity contribution in [2.45, 2.75) is 25.9 Å². The van der Waals surface area contributed by atoms with Gasteiger partial charge in [-0.15, -0.1) is 0 Å². The molecule has 0 amide bonds. The first-order chi connectivity index (χ1) is 8.75. The van der Waals surface area contributed by atoms with Crippen LogP contribution in [-0.4, -0.2) is 6.04 Å². The van der Waals surface area contributed by atoms with Crippen LogP contribution in [0.3, 0.4) is 0 Å². The molecule has 94 valence electrons. The maximum absolute atomic E-state index is 13.5. The van der Waals surface area contributed by atoms with Gasteiger partial charge in [-0.3, -0.25) is 0 Å². The lowest BCUT2D eigenvalue weighted by Crippen LogP contribution is -2.27. The third-order valence-electron chi connectivity index (χ3n) is 2.98. The fourth-order valence-corrected chi connectivity index (χ4v) is 1.95. The molecule has 0 fully saturated rings. The summed E-state index contributed by atoms with van der Waals surface area (Å²) in [6.45, 7) is 2.89. The van der Waals surface area contributed by atoms with Gasteiger partial charge in [0.05, 0.1) is 0 Å². The normalized spacial score (nSPS) is 12.3. The zero-order valence-corrected chi connectivity index (χ0v) is 10.6. The van der Waals surface area contributed by atoms with E-state index in [4.69, 9.17) is 0 Å². The third kappa shape index (κ3) is 3.67. The Morgan fingerprint density at radius 1 is 1.00 bits per heavy atom. The van der Waals surface area contributed by atoms with E-state index in [1.165, 1.54) is 11.6 Å². The molecule has 0 spiro atoms. The van der Waals surface area contributed by atoms with Crippen LogP contribution < -0.4 is 5.32 Å². The highest BCUT2D eigenvalue weighted by atomic mass is 19.1. The Morgan fingerprint density at radius 2 is 1.67 bits per heavy atom. The molecule has 0 aromatic heterocycles. The van der Waals surface area contributed by atoms with Crippen LogP contribution in [0.1, 0.15) is 18.1 Å². The van der Waals surface area contributed by atoms with Gasteiger partial charge in [0.15, 0.2) is 0 Å². The Kier molecular flexibility index (Phi) is 4.48. The predicted molar refractivity (Wildman–Crippen MR) is 72.8 cm³/mol. The number of hydrogen-bond donors (Lipinski definition) is 1. The number of benzene rings is 2. The largest absolute Gasteiger partial charge is 0.310 e. The molecule has 0 radical (unpaired) electrons. The van der Waals surface area contributed by atoms with E-state index in [0.717, 1.165) is 12.1 Å². The van der Waals surface area contributed by atoms with Crippen LogP contribution in [-0.2, 0) is 13.0 Å². The number of rotatable bonds is 5. The maximum atomic E-state index is 13.5.